The predicted octanol–water partition coefficient (Wildman–Crippen LogP) is 18.4. The van der Waals surface area contributed by atoms with E-state index in [1.807, 2.05) is 0 Å². The molecule has 0 N–H and O–H groups in total. The normalized spacial score (nSPS) is 17.6. The van der Waals surface area contributed by atoms with E-state index < -0.39 is 25.9 Å². The Morgan fingerprint density at radius 3 is 1.26 bits per heavy atom. The Morgan fingerprint density at radius 2 is 0.878 bits per heavy atom. The van der Waals surface area contributed by atoms with Crippen LogP contribution in [0.1, 0.15) is 200 Å². The summed E-state index contributed by atoms with van der Waals surface area (Å²) in [5, 5.41) is 2.98. The number of rotatable bonds is 11. The summed E-state index contributed by atoms with van der Waals surface area (Å²) in [6.45, 7) is 42.6. The van der Waals surface area contributed by atoms with E-state index in [2.05, 4.69) is 240 Å². The average Bonchev–Trinajstić information content (AvgIpc) is 4.00. The molecule has 0 radical (unpaired) electrons. The number of allylic oxidation sites excluding steroid dienone is 2. The van der Waals surface area contributed by atoms with Crippen molar-refractivity contribution < 1.29 is 16.4 Å². The van der Waals surface area contributed by atoms with Crippen molar-refractivity contribution >= 4 is 52.3 Å². The molecule has 0 saturated heterocycles. The van der Waals surface area contributed by atoms with E-state index in [0.29, 0.717) is 11.8 Å². The molecule has 2 aliphatic carbocycles. The number of benzene rings is 6. The molecule has 74 heavy (non-hydrogen) atoms. The average molecular weight is 1120 g/mol. The van der Waals surface area contributed by atoms with Crippen molar-refractivity contribution in [2.24, 2.45) is 11.8 Å². The van der Waals surface area contributed by atoms with Crippen molar-refractivity contribution in [3.63, 3.8) is 0 Å². The second kappa shape index (κ2) is 19.4. The quantitative estimate of drug-likeness (QED) is 0.113. The number of hydrogen-bond acceptors (Lipinski definition) is 0. The van der Waals surface area contributed by atoms with E-state index in [4.69, 9.17) is 0 Å². The predicted molar refractivity (Wildman–Crippen MR) is 329 cm³/mol. The van der Waals surface area contributed by atoms with E-state index in [1.165, 1.54) is 114 Å². The number of hydrogen-bond donors (Lipinski definition) is 0. The van der Waals surface area contributed by atoms with E-state index in [0.717, 1.165) is 25.7 Å². The van der Waals surface area contributed by atoms with Gasteiger partial charge in [0.2, 0.25) is 0 Å². The first kappa shape index (κ1) is 55.2. The molecule has 3 aliphatic rings. The molecule has 0 fully saturated rings. The molecule has 0 nitrogen and oxygen atoms in total. The molecule has 0 bridgehead atoms. The van der Waals surface area contributed by atoms with Gasteiger partial charge < -0.3 is 0 Å². The van der Waals surface area contributed by atoms with Crippen LogP contribution in [0.25, 0.3) is 45.5 Å². The first-order valence-electron chi connectivity index (χ1n) is 28.3. The summed E-state index contributed by atoms with van der Waals surface area (Å²) in [6, 6.07) is 41.2. The van der Waals surface area contributed by atoms with Gasteiger partial charge in [-0.25, -0.2) is 0 Å². The molecule has 0 aromatic heterocycles. The van der Waals surface area contributed by atoms with Crippen molar-refractivity contribution in [3.05, 3.63) is 170 Å². The standard InChI is InChI=1S/2C29H39.C12H9Si.2ClH.Zr/c2*1-10-21-11-12-22-14-20(13-19(2)3)15-26(22)27(21)23-16-24(28(4,5)6)18-25(17-23)29(7,8)9;1-3-7-11-9(5-1)10-6-2-4-8-12(10)13-11;;;/h2*11-12,14-19H,10,13H2,1-9H3;1-7H,13H2;2*1H;/q;;;;;+2/p-2. The molecule has 2 atom stereocenters. The van der Waals surface area contributed by atoms with Crippen molar-refractivity contribution in [3.8, 4) is 33.4 Å². The monoisotopic (exact) mass is 1120 g/mol. The van der Waals surface area contributed by atoms with Gasteiger partial charge in [-0.2, -0.15) is 0 Å². The van der Waals surface area contributed by atoms with Crippen molar-refractivity contribution in [1.82, 2.24) is 0 Å². The van der Waals surface area contributed by atoms with Gasteiger partial charge in [0.1, 0.15) is 0 Å². The summed E-state index contributed by atoms with van der Waals surface area (Å²) in [6.07, 6.45) is 9.00. The Balaban J connectivity index is 1.42. The van der Waals surface area contributed by atoms with Gasteiger partial charge in [-0.1, -0.05) is 0 Å². The third kappa shape index (κ3) is 9.68. The van der Waals surface area contributed by atoms with Crippen LogP contribution in [-0.2, 0) is 50.9 Å². The molecule has 2 unspecified atom stereocenters. The van der Waals surface area contributed by atoms with Gasteiger partial charge in [-0.15, -0.1) is 0 Å². The van der Waals surface area contributed by atoms with E-state index in [-0.39, 0.29) is 28.9 Å². The summed E-state index contributed by atoms with van der Waals surface area (Å²) < 4.78 is 1.03. The van der Waals surface area contributed by atoms with Crippen LogP contribution < -0.4 is 13.6 Å². The summed E-state index contributed by atoms with van der Waals surface area (Å²) >= 11 is -5.89. The van der Waals surface area contributed by atoms with Crippen LogP contribution in [0.15, 0.2) is 114 Å². The minimum atomic E-state index is -5.89. The fourth-order valence-corrected chi connectivity index (χ4v) is 41.1. The first-order valence-corrected chi connectivity index (χ1v) is 40.1. The van der Waals surface area contributed by atoms with Crippen LogP contribution in [0.4, 0.5) is 0 Å². The second-order valence-electron chi connectivity index (χ2n) is 27.8. The van der Waals surface area contributed by atoms with Crippen LogP contribution in [0, 0.1) is 11.8 Å². The summed E-state index contributed by atoms with van der Waals surface area (Å²) in [4.78, 5) is 0. The van der Waals surface area contributed by atoms with Gasteiger partial charge in [0, 0.05) is 0 Å². The molecule has 6 aromatic rings. The zero-order valence-corrected chi connectivity index (χ0v) is 54.0. The van der Waals surface area contributed by atoms with Crippen LogP contribution in [0.2, 0.25) is 0 Å². The molecule has 0 saturated carbocycles. The fraction of sp³-hybridized carbons (Fsp3) is 0.429. The molecule has 389 valence electrons. The van der Waals surface area contributed by atoms with Gasteiger partial charge in [0.15, 0.2) is 0 Å². The maximum absolute atomic E-state index is 9.77. The van der Waals surface area contributed by atoms with Gasteiger partial charge in [-0.05, 0) is 0 Å². The van der Waals surface area contributed by atoms with Gasteiger partial charge >= 0.3 is 463 Å². The van der Waals surface area contributed by atoms with Crippen molar-refractivity contribution in [1.29, 1.82) is 0 Å². The van der Waals surface area contributed by atoms with E-state index in [1.54, 1.807) is 0 Å². The summed E-state index contributed by atoms with van der Waals surface area (Å²) in [5.41, 5.74) is 24.5. The van der Waals surface area contributed by atoms with Crippen LogP contribution in [-0.4, -0.2) is 9.52 Å². The third-order valence-corrected chi connectivity index (χ3v) is 39.9. The molecular formula is C70H87Cl2SiZr. The number of fused-ring (bicyclic) bond motifs is 5. The zero-order valence-electron chi connectivity index (χ0n) is 48.6. The Kier molecular flexibility index (Phi) is 14.5. The Hall–Kier alpha value is -3.52. The molecule has 9 rings (SSSR count). The van der Waals surface area contributed by atoms with Crippen LogP contribution >= 0.6 is 17.0 Å². The molecule has 1 aliphatic heterocycles. The molecule has 4 heteroatoms. The fourth-order valence-electron chi connectivity index (χ4n) is 13.3. The summed E-state index contributed by atoms with van der Waals surface area (Å²) in [7, 11) is 18.6. The Morgan fingerprint density at radius 1 is 0.486 bits per heavy atom. The number of halogens is 2. The van der Waals surface area contributed by atoms with Crippen molar-refractivity contribution in [2.75, 3.05) is 0 Å². The van der Waals surface area contributed by atoms with Gasteiger partial charge in [0.25, 0.3) is 0 Å². The maximum atomic E-state index is 9.77. The SMILES string of the molecule is CCc1ccc2c(c1-c1cc(C(C)(C)C)cc(C(C)(C)C)c1)C=C(CC(C)C)[CH]2[Zr]([Cl])([Cl])([c]1cccc2c1[SiH2]c1ccccc1-2)[CH]1C(CC(C)C)=Cc2c1ccc(CC)c2-c1cc(C(C)(C)C)cc(C(C)(C)C)c1. The minimum absolute atomic E-state index is 0.0213. The molecule has 0 spiro atoms. The zero-order chi connectivity index (χ0) is 53.9. The topological polar surface area (TPSA) is 0 Å². The summed E-state index contributed by atoms with van der Waals surface area (Å²) in [5.74, 6) is 0.813. The number of aryl methyl sites for hydroxylation is 2. The molecule has 1 heterocycles. The van der Waals surface area contributed by atoms with E-state index >= 15 is 0 Å². The van der Waals surface area contributed by atoms with E-state index in [9.17, 15) is 17.0 Å². The first-order chi connectivity index (χ1) is 34.4. The second-order valence-corrected chi connectivity index (χ2v) is 50.3. The van der Waals surface area contributed by atoms with Crippen LogP contribution in [0.3, 0.4) is 0 Å². The Bertz CT molecular complexity index is 3020. The van der Waals surface area contributed by atoms with Crippen LogP contribution in [0.5, 0.6) is 0 Å². The van der Waals surface area contributed by atoms with Crippen molar-refractivity contribution in [2.45, 2.75) is 179 Å². The Labute approximate surface area is 459 Å². The molecule has 0 amide bonds. The molecule has 6 aromatic carbocycles. The third-order valence-electron chi connectivity index (χ3n) is 17.1. The molecular weight excluding hydrogens is 1030 g/mol. The van der Waals surface area contributed by atoms with Gasteiger partial charge in [0.05, 0.1) is 0 Å². The van der Waals surface area contributed by atoms with Gasteiger partial charge in [-0.3, -0.25) is 0 Å².